The van der Waals surface area contributed by atoms with Gasteiger partial charge < -0.3 is 0 Å². The van der Waals surface area contributed by atoms with E-state index in [1.165, 1.54) is 72.8 Å². The van der Waals surface area contributed by atoms with Gasteiger partial charge in [-0.2, -0.15) is 0 Å². The molecule has 0 bridgehead atoms. The van der Waals surface area contributed by atoms with Crippen molar-refractivity contribution in [1.29, 1.82) is 0 Å². The molecule has 126 valence electrons. The van der Waals surface area contributed by atoms with E-state index in [-0.39, 0.29) is 0 Å². The Kier molecular flexibility index (Phi) is 5.91. The van der Waals surface area contributed by atoms with Crippen molar-refractivity contribution < 1.29 is 0 Å². The molecule has 0 heteroatoms. The van der Waals surface area contributed by atoms with Crippen molar-refractivity contribution in [2.45, 2.75) is 58.3 Å². The average Bonchev–Trinajstić information content (AvgIpc) is 2.79. The number of hydrogen-bond acceptors (Lipinski definition) is 0. The van der Waals surface area contributed by atoms with E-state index in [1.807, 2.05) is 0 Å². The Labute approximate surface area is 147 Å². The summed E-state index contributed by atoms with van der Waals surface area (Å²) in [6.45, 7) is 6.46. The van der Waals surface area contributed by atoms with Crippen LogP contribution in [0.2, 0.25) is 0 Å². The van der Waals surface area contributed by atoms with Gasteiger partial charge in [0.1, 0.15) is 0 Å². The fourth-order valence-electron chi connectivity index (χ4n) is 3.88. The van der Waals surface area contributed by atoms with Gasteiger partial charge in [0, 0.05) is 0 Å². The van der Waals surface area contributed by atoms with Crippen molar-refractivity contribution in [3.63, 3.8) is 0 Å². The first-order chi connectivity index (χ1) is 11.7. The highest BCUT2D eigenvalue weighted by atomic mass is 14.2. The zero-order valence-corrected chi connectivity index (χ0v) is 15.1. The predicted octanol–water partition coefficient (Wildman–Crippen LogP) is 7.18. The van der Waals surface area contributed by atoms with Crippen LogP contribution in [0.15, 0.2) is 66.3 Å². The lowest BCUT2D eigenvalue weighted by Gasteiger charge is -2.10. The topological polar surface area (TPSA) is 0 Å². The van der Waals surface area contributed by atoms with E-state index in [1.54, 1.807) is 0 Å². The summed E-state index contributed by atoms with van der Waals surface area (Å²) in [5.41, 5.74) is 6.45. The van der Waals surface area contributed by atoms with Crippen LogP contribution in [-0.2, 0) is 0 Å². The summed E-state index contributed by atoms with van der Waals surface area (Å²) >= 11 is 0. The van der Waals surface area contributed by atoms with Crippen LogP contribution in [-0.4, -0.2) is 0 Å². The highest BCUT2D eigenvalue weighted by Gasteiger charge is 2.15. The van der Waals surface area contributed by atoms with Gasteiger partial charge in [-0.1, -0.05) is 99.2 Å². The van der Waals surface area contributed by atoms with Crippen molar-refractivity contribution in [2.24, 2.45) is 5.92 Å². The minimum absolute atomic E-state index is 0.912. The third-order valence-corrected chi connectivity index (χ3v) is 5.48. The van der Waals surface area contributed by atoms with Crippen molar-refractivity contribution in [1.82, 2.24) is 0 Å². The predicted molar refractivity (Wildman–Crippen MR) is 106 cm³/mol. The number of aryl methyl sites for hydroxylation is 1. The first-order valence-electron chi connectivity index (χ1n) is 9.56. The molecule has 1 saturated carbocycles. The first kappa shape index (κ1) is 17.0. The second-order valence-electron chi connectivity index (χ2n) is 7.38. The summed E-state index contributed by atoms with van der Waals surface area (Å²) in [5.74, 6) is 0.912. The summed E-state index contributed by atoms with van der Waals surface area (Å²) in [4.78, 5) is 0. The fourth-order valence-corrected chi connectivity index (χ4v) is 3.88. The molecule has 0 N–H and O–H groups in total. The van der Waals surface area contributed by atoms with E-state index >= 15 is 0 Å². The SMILES string of the molecule is C=C1C(c2ccc(C)cc2)=CC/C1=C/C=C\CC1CCCCCC1. The Morgan fingerprint density at radius 1 is 1.04 bits per heavy atom. The maximum absolute atomic E-state index is 4.33. The van der Waals surface area contributed by atoms with E-state index in [0.717, 1.165) is 12.3 Å². The summed E-state index contributed by atoms with van der Waals surface area (Å²) in [6.07, 6.45) is 20.1. The van der Waals surface area contributed by atoms with E-state index in [4.69, 9.17) is 0 Å². The molecule has 24 heavy (non-hydrogen) atoms. The van der Waals surface area contributed by atoms with Crippen LogP contribution in [0.5, 0.6) is 0 Å². The fraction of sp³-hybridized carbons (Fsp3) is 0.417. The molecule has 2 aliphatic carbocycles. The van der Waals surface area contributed by atoms with Crippen molar-refractivity contribution in [2.75, 3.05) is 0 Å². The second-order valence-corrected chi connectivity index (χ2v) is 7.38. The van der Waals surface area contributed by atoms with Crippen LogP contribution < -0.4 is 0 Å². The molecule has 0 spiro atoms. The Hall–Kier alpha value is -1.82. The third-order valence-electron chi connectivity index (χ3n) is 5.48. The zero-order chi connectivity index (χ0) is 16.8. The largest absolute Gasteiger partial charge is 0.0909 e. The lowest BCUT2D eigenvalue weighted by molar-refractivity contribution is 0.466. The maximum atomic E-state index is 4.33. The van der Waals surface area contributed by atoms with E-state index in [0.29, 0.717) is 0 Å². The highest BCUT2D eigenvalue weighted by molar-refractivity contribution is 5.86. The number of rotatable bonds is 4. The number of benzene rings is 1. The molecule has 0 heterocycles. The lowest BCUT2D eigenvalue weighted by atomic mass is 9.96. The molecule has 0 unspecified atom stereocenters. The summed E-state index contributed by atoms with van der Waals surface area (Å²) in [6, 6.07) is 8.77. The first-order valence-corrected chi connectivity index (χ1v) is 9.56. The number of hydrogen-bond donors (Lipinski definition) is 0. The molecule has 0 aliphatic heterocycles. The summed E-state index contributed by atoms with van der Waals surface area (Å²) in [7, 11) is 0. The lowest BCUT2D eigenvalue weighted by Crippen LogP contribution is -1.95. The Bertz CT molecular complexity index is 644. The van der Waals surface area contributed by atoms with E-state index in [2.05, 4.69) is 62.1 Å². The van der Waals surface area contributed by atoms with Crippen molar-refractivity contribution in [3.05, 3.63) is 77.4 Å². The zero-order valence-electron chi connectivity index (χ0n) is 15.1. The van der Waals surface area contributed by atoms with Gasteiger partial charge >= 0.3 is 0 Å². The van der Waals surface area contributed by atoms with Crippen molar-refractivity contribution >= 4 is 5.57 Å². The molecule has 0 radical (unpaired) electrons. The normalized spacial score (nSPS) is 21.5. The van der Waals surface area contributed by atoms with Crippen LogP contribution in [0.3, 0.4) is 0 Å². The smallest absolute Gasteiger partial charge is 0.00821 e. The minimum Gasteiger partial charge on any atom is -0.0909 e. The third kappa shape index (κ3) is 4.38. The molecular weight excluding hydrogens is 288 g/mol. The summed E-state index contributed by atoms with van der Waals surface area (Å²) in [5, 5.41) is 0. The van der Waals surface area contributed by atoms with Gasteiger partial charge in [0.05, 0.1) is 0 Å². The summed E-state index contributed by atoms with van der Waals surface area (Å²) < 4.78 is 0. The molecule has 1 aromatic rings. The second kappa shape index (κ2) is 8.33. The van der Waals surface area contributed by atoms with Crippen LogP contribution in [0, 0.1) is 12.8 Å². The maximum Gasteiger partial charge on any atom is -0.00821 e. The van der Waals surface area contributed by atoms with Crippen LogP contribution in [0.4, 0.5) is 0 Å². The van der Waals surface area contributed by atoms with Gasteiger partial charge in [-0.05, 0) is 48.0 Å². The molecule has 0 nitrogen and oxygen atoms in total. The Morgan fingerprint density at radius 2 is 1.75 bits per heavy atom. The number of allylic oxidation sites excluding steroid dienone is 7. The van der Waals surface area contributed by atoms with Crippen LogP contribution >= 0.6 is 0 Å². The van der Waals surface area contributed by atoms with Gasteiger partial charge in [0.25, 0.3) is 0 Å². The van der Waals surface area contributed by atoms with E-state index < -0.39 is 0 Å². The van der Waals surface area contributed by atoms with Gasteiger partial charge in [0.15, 0.2) is 0 Å². The van der Waals surface area contributed by atoms with Gasteiger partial charge in [-0.25, -0.2) is 0 Å². The highest BCUT2D eigenvalue weighted by Crippen LogP contribution is 2.36. The molecule has 0 amide bonds. The van der Waals surface area contributed by atoms with Crippen LogP contribution in [0.1, 0.15) is 62.5 Å². The molecular formula is C24H30. The van der Waals surface area contributed by atoms with Gasteiger partial charge in [-0.3, -0.25) is 0 Å². The van der Waals surface area contributed by atoms with Crippen LogP contribution in [0.25, 0.3) is 5.57 Å². The molecule has 3 rings (SSSR count). The molecule has 0 saturated heterocycles. The standard InChI is InChI=1S/C24H30/c1-19-13-15-23(16-14-19)24-18-17-22(20(24)2)12-8-7-11-21-9-5-3-4-6-10-21/h7-8,12-16,18,21H,2-6,9-11,17H2,1H3/b8-7-,22-12-. The van der Waals surface area contributed by atoms with Gasteiger partial charge in [0.2, 0.25) is 0 Å². The monoisotopic (exact) mass is 318 g/mol. The molecule has 1 fully saturated rings. The Morgan fingerprint density at radius 3 is 2.46 bits per heavy atom. The van der Waals surface area contributed by atoms with E-state index in [9.17, 15) is 0 Å². The minimum atomic E-state index is 0.912. The molecule has 0 atom stereocenters. The average molecular weight is 319 g/mol. The molecule has 0 aromatic heterocycles. The molecule has 1 aromatic carbocycles. The Balaban J connectivity index is 1.56. The quantitative estimate of drug-likeness (QED) is 0.516. The molecule has 2 aliphatic rings. The van der Waals surface area contributed by atoms with Gasteiger partial charge in [-0.15, -0.1) is 0 Å². The van der Waals surface area contributed by atoms with Crippen molar-refractivity contribution in [3.8, 4) is 0 Å².